The van der Waals surface area contributed by atoms with Gasteiger partial charge in [-0.2, -0.15) is 0 Å². The van der Waals surface area contributed by atoms with Crippen LogP contribution < -0.4 is 0 Å². The molecule has 0 fully saturated rings. The molecule has 0 bridgehead atoms. The summed E-state index contributed by atoms with van der Waals surface area (Å²) in [7, 11) is 0. The average Bonchev–Trinajstić information content (AvgIpc) is 3.23. The van der Waals surface area contributed by atoms with E-state index in [0.717, 1.165) is 10.1 Å². The predicted molar refractivity (Wildman–Crippen MR) is 134 cm³/mol. The third-order valence-electron chi connectivity index (χ3n) is 6.41. The molecular formula is C27H31NS2. The van der Waals surface area contributed by atoms with E-state index in [-0.39, 0.29) is 10.8 Å². The van der Waals surface area contributed by atoms with Crippen LogP contribution in [0.4, 0.5) is 0 Å². The van der Waals surface area contributed by atoms with Gasteiger partial charge < -0.3 is 0 Å². The molecule has 1 aromatic heterocycles. The van der Waals surface area contributed by atoms with Crippen molar-refractivity contribution < 1.29 is 0 Å². The second kappa shape index (κ2) is 8.36. The molecule has 1 heterocycles. The second-order valence-electron chi connectivity index (χ2n) is 9.70. The van der Waals surface area contributed by atoms with E-state index in [0.29, 0.717) is 0 Å². The van der Waals surface area contributed by atoms with Gasteiger partial charge in [-0.05, 0) is 58.4 Å². The molecule has 0 aliphatic heterocycles. The summed E-state index contributed by atoms with van der Waals surface area (Å²) < 4.78 is 1.14. The minimum atomic E-state index is 0.221. The molecule has 3 heteroatoms. The third kappa shape index (κ3) is 4.58. The molecule has 30 heavy (non-hydrogen) atoms. The summed E-state index contributed by atoms with van der Waals surface area (Å²) in [4.78, 5) is 4.47. The highest BCUT2D eigenvalue weighted by molar-refractivity contribution is 8.00. The van der Waals surface area contributed by atoms with Crippen molar-refractivity contribution >= 4 is 35.3 Å². The largest absolute Gasteiger partial charge is 0.238 e. The van der Waals surface area contributed by atoms with E-state index in [9.17, 15) is 0 Å². The molecule has 0 radical (unpaired) electrons. The molecular weight excluding hydrogens is 402 g/mol. The topological polar surface area (TPSA) is 12.9 Å². The highest BCUT2D eigenvalue weighted by atomic mass is 32.2. The number of benzene rings is 2. The van der Waals surface area contributed by atoms with E-state index < -0.39 is 0 Å². The molecule has 0 atom stereocenters. The summed E-state index contributed by atoms with van der Waals surface area (Å²) in [5, 5.41) is 2.05. The van der Waals surface area contributed by atoms with Crippen LogP contribution in [-0.2, 0) is 16.6 Å². The van der Waals surface area contributed by atoms with E-state index in [1.807, 2.05) is 18.0 Å². The molecule has 156 valence electrons. The number of thioether (sulfide) groups is 1. The molecule has 1 aliphatic rings. The Morgan fingerprint density at radius 2 is 1.63 bits per heavy atom. The number of rotatable bonds is 5. The van der Waals surface area contributed by atoms with Gasteiger partial charge in [-0.15, -0.1) is 11.3 Å². The Morgan fingerprint density at radius 1 is 0.967 bits per heavy atom. The zero-order valence-corrected chi connectivity index (χ0v) is 20.3. The van der Waals surface area contributed by atoms with Crippen LogP contribution in [-0.4, -0.2) is 4.98 Å². The summed E-state index contributed by atoms with van der Waals surface area (Å²) in [6.07, 6.45) is 8.93. The highest BCUT2D eigenvalue weighted by Crippen LogP contribution is 2.47. The lowest BCUT2D eigenvalue weighted by Gasteiger charge is -2.42. The van der Waals surface area contributed by atoms with E-state index in [4.69, 9.17) is 0 Å². The van der Waals surface area contributed by atoms with Crippen LogP contribution in [0.3, 0.4) is 0 Å². The van der Waals surface area contributed by atoms with Crippen molar-refractivity contribution in [1.82, 2.24) is 4.98 Å². The lowest BCUT2D eigenvalue weighted by molar-refractivity contribution is 0.331. The fourth-order valence-electron chi connectivity index (χ4n) is 4.24. The second-order valence-corrected chi connectivity index (χ2v) is 11.8. The summed E-state index contributed by atoms with van der Waals surface area (Å²) in [5.41, 5.74) is 8.78. The predicted octanol–water partition coefficient (Wildman–Crippen LogP) is 8.26. The normalized spacial score (nSPS) is 17.2. The molecule has 4 rings (SSSR count). The Hall–Kier alpha value is -1.84. The van der Waals surface area contributed by atoms with Gasteiger partial charge in [0.05, 0.1) is 0 Å². The molecule has 0 N–H and O–H groups in total. The number of hydrogen-bond acceptors (Lipinski definition) is 3. The number of hydrogen-bond donors (Lipinski definition) is 0. The first kappa shape index (κ1) is 21.4. The van der Waals surface area contributed by atoms with Crippen molar-refractivity contribution in [2.45, 2.75) is 68.4 Å². The van der Waals surface area contributed by atoms with E-state index >= 15 is 0 Å². The van der Waals surface area contributed by atoms with Crippen LogP contribution in [0.1, 0.15) is 73.9 Å². The average molecular weight is 434 g/mol. The molecule has 0 amide bonds. The number of aryl methyl sites for hydroxylation is 1. The van der Waals surface area contributed by atoms with E-state index in [1.165, 1.54) is 46.2 Å². The molecule has 0 saturated heterocycles. The van der Waals surface area contributed by atoms with Crippen LogP contribution in [0.25, 0.3) is 12.2 Å². The van der Waals surface area contributed by atoms with Crippen molar-refractivity contribution in [3.05, 3.63) is 81.4 Å². The molecule has 3 aromatic rings. The minimum Gasteiger partial charge on any atom is -0.238 e. The fraction of sp³-hybridized carbons (Fsp3) is 0.370. The van der Waals surface area contributed by atoms with Crippen molar-refractivity contribution in [3.63, 3.8) is 0 Å². The van der Waals surface area contributed by atoms with Crippen LogP contribution >= 0.6 is 23.1 Å². The monoisotopic (exact) mass is 433 g/mol. The zero-order valence-electron chi connectivity index (χ0n) is 18.7. The number of thiazole rings is 1. The molecule has 1 aliphatic carbocycles. The van der Waals surface area contributed by atoms with Crippen LogP contribution in [0.2, 0.25) is 0 Å². The Balaban J connectivity index is 1.76. The van der Waals surface area contributed by atoms with Gasteiger partial charge in [0.25, 0.3) is 0 Å². The Kier molecular flexibility index (Phi) is 5.96. The number of fused-ring (bicyclic) bond motifs is 1. The maximum Gasteiger partial charge on any atom is 0.150 e. The standard InChI is InChI=1S/C27H31NS2/c1-19-6-8-20(9-7-19)10-11-21-16-23-24(27(4,5)13-12-26(23,2)3)17-22(21)18-30-25-28-14-15-29-25/h6-11,14-17H,12-13,18H2,1-5H3/b11-10+. The quantitative estimate of drug-likeness (QED) is 0.297. The van der Waals surface area contributed by atoms with Gasteiger partial charge in [0.1, 0.15) is 4.34 Å². The highest BCUT2D eigenvalue weighted by Gasteiger charge is 2.37. The fourth-order valence-corrected chi connectivity index (χ4v) is 5.88. The lowest BCUT2D eigenvalue weighted by Crippen LogP contribution is -2.34. The zero-order chi connectivity index (χ0) is 21.4. The Bertz CT molecular complexity index is 1040. The molecule has 0 spiro atoms. The van der Waals surface area contributed by atoms with Gasteiger partial charge in [0.15, 0.2) is 0 Å². The smallest absolute Gasteiger partial charge is 0.150 e. The summed E-state index contributed by atoms with van der Waals surface area (Å²) in [5.74, 6) is 0.949. The first-order chi connectivity index (χ1) is 14.2. The van der Waals surface area contributed by atoms with Crippen molar-refractivity contribution in [2.75, 3.05) is 0 Å². The van der Waals surface area contributed by atoms with Gasteiger partial charge >= 0.3 is 0 Å². The van der Waals surface area contributed by atoms with Crippen molar-refractivity contribution in [2.24, 2.45) is 0 Å². The van der Waals surface area contributed by atoms with Gasteiger partial charge in [0.2, 0.25) is 0 Å². The van der Waals surface area contributed by atoms with Crippen LogP contribution in [0.5, 0.6) is 0 Å². The van der Waals surface area contributed by atoms with Gasteiger partial charge in [-0.3, -0.25) is 0 Å². The van der Waals surface area contributed by atoms with E-state index in [1.54, 1.807) is 11.3 Å². The summed E-state index contributed by atoms with van der Waals surface area (Å²) >= 11 is 3.56. The number of nitrogens with zero attached hydrogens (tertiary/aromatic N) is 1. The third-order valence-corrected chi connectivity index (χ3v) is 8.42. The number of aromatic nitrogens is 1. The summed E-state index contributed by atoms with van der Waals surface area (Å²) in [6.45, 7) is 11.7. The van der Waals surface area contributed by atoms with Crippen LogP contribution in [0, 0.1) is 6.92 Å². The first-order valence-corrected chi connectivity index (χ1v) is 12.6. The van der Waals surface area contributed by atoms with Crippen molar-refractivity contribution in [1.29, 1.82) is 0 Å². The minimum absolute atomic E-state index is 0.221. The van der Waals surface area contributed by atoms with Gasteiger partial charge in [-0.25, -0.2) is 4.98 Å². The molecule has 0 unspecified atom stereocenters. The van der Waals surface area contributed by atoms with Gasteiger partial charge in [-0.1, -0.05) is 93.6 Å². The Labute approximate surface area is 189 Å². The maximum absolute atomic E-state index is 4.47. The van der Waals surface area contributed by atoms with Gasteiger partial charge in [0, 0.05) is 17.3 Å². The lowest BCUT2D eigenvalue weighted by atomic mass is 9.62. The Morgan fingerprint density at radius 3 is 2.27 bits per heavy atom. The SMILES string of the molecule is Cc1ccc(/C=C/c2cc3c(cc2CSc2nccs2)C(C)(C)CCC3(C)C)cc1. The van der Waals surface area contributed by atoms with Crippen molar-refractivity contribution in [3.8, 4) is 0 Å². The molecule has 2 aromatic carbocycles. The summed E-state index contributed by atoms with van der Waals surface area (Å²) in [6, 6.07) is 13.7. The molecule has 1 nitrogen and oxygen atoms in total. The molecule has 0 saturated carbocycles. The maximum atomic E-state index is 4.47. The van der Waals surface area contributed by atoms with E-state index in [2.05, 4.69) is 93.5 Å². The van der Waals surface area contributed by atoms with Crippen LogP contribution in [0.15, 0.2) is 52.3 Å². The first-order valence-electron chi connectivity index (χ1n) is 10.7.